The lowest BCUT2D eigenvalue weighted by Crippen LogP contribution is -2.30. The highest BCUT2D eigenvalue weighted by molar-refractivity contribution is 5.95. The highest BCUT2D eigenvalue weighted by atomic mass is 16.6. The van der Waals surface area contributed by atoms with E-state index in [-0.39, 0.29) is 11.4 Å². The first kappa shape index (κ1) is 18.2. The van der Waals surface area contributed by atoms with E-state index >= 15 is 0 Å². The molecule has 1 amide bonds. The number of benzene rings is 1. The number of nitro groups is 1. The quantitative estimate of drug-likeness (QED) is 0.634. The highest BCUT2D eigenvalue weighted by Crippen LogP contribution is 2.32. The van der Waals surface area contributed by atoms with Crippen LogP contribution in [0.4, 0.5) is 11.4 Å². The van der Waals surface area contributed by atoms with Gasteiger partial charge in [0.05, 0.1) is 35.2 Å². The first-order chi connectivity index (χ1) is 11.7. The molecule has 2 aromatic rings. The third kappa shape index (κ3) is 3.87. The minimum absolute atomic E-state index is 0.00641. The fourth-order valence-corrected chi connectivity index (χ4v) is 2.29. The Morgan fingerprint density at radius 2 is 2.08 bits per heavy atom. The summed E-state index contributed by atoms with van der Waals surface area (Å²) >= 11 is 0. The van der Waals surface area contributed by atoms with Gasteiger partial charge in [0, 0.05) is 7.05 Å². The molecule has 1 aromatic heterocycles. The molecule has 2 rings (SSSR count). The SMILES string of the molecule is COc1ccc(O[C@H](C)C(=O)Nc2c(C)nn(C)c2C)c([N+](=O)[O-])c1. The summed E-state index contributed by atoms with van der Waals surface area (Å²) in [6.45, 7) is 5.13. The van der Waals surface area contributed by atoms with Crippen LogP contribution in [0.1, 0.15) is 18.3 Å². The Balaban J connectivity index is 2.17. The molecule has 0 bridgehead atoms. The Morgan fingerprint density at radius 3 is 2.60 bits per heavy atom. The maximum absolute atomic E-state index is 12.4. The molecule has 0 aliphatic heterocycles. The number of nitrogens with zero attached hydrogens (tertiary/aromatic N) is 3. The van der Waals surface area contributed by atoms with Gasteiger partial charge in [-0.25, -0.2) is 0 Å². The zero-order chi connectivity index (χ0) is 18.7. The average molecular weight is 348 g/mol. The Hall–Kier alpha value is -3.10. The van der Waals surface area contributed by atoms with Crippen LogP contribution in [0, 0.1) is 24.0 Å². The van der Waals surface area contributed by atoms with Gasteiger partial charge in [-0.15, -0.1) is 0 Å². The molecule has 1 heterocycles. The molecule has 9 nitrogen and oxygen atoms in total. The fraction of sp³-hybridized carbons (Fsp3) is 0.375. The van der Waals surface area contributed by atoms with Crippen LogP contribution in [0.25, 0.3) is 0 Å². The first-order valence-electron chi connectivity index (χ1n) is 7.54. The van der Waals surface area contributed by atoms with Crippen molar-refractivity contribution in [1.82, 2.24) is 9.78 Å². The molecular formula is C16H20N4O5. The number of ether oxygens (including phenoxy) is 2. The molecule has 0 spiro atoms. The van der Waals surface area contributed by atoms with E-state index in [1.165, 1.54) is 32.2 Å². The normalized spacial score (nSPS) is 11.7. The molecule has 0 unspecified atom stereocenters. The van der Waals surface area contributed by atoms with Crippen molar-refractivity contribution >= 4 is 17.3 Å². The maximum atomic E-state index is 12.4. The van der Waals surface area contributed by atoms with E-state index in [9.17, 15) is 14.9 Å². The summed E-state index contributed by atoms with van der Waals surface area (Å²) in [5.74, 6) is -0.102. The summed E-state index contributed by atoms with van der Waals surface area (Å²) in [6.07, 6.45) is -0.939. The Kier molecular flexibility index (Phi) is 5.26. The number of nitro benzene ring substituents is 1. The van der Waals surface area contributed by atoms with Crippen molar-refractivity contribution in [3.8, 4) is 11.5 Å². The summed E-state index contributed by atoms with van der Waals surface area (Å²) < 4.78 is 12.1. The molecule has 25 heavy (non-hydrogen) atoms. The third-order valence-corrected chi connectivity index (χ3v) is 3.79. The number of carbonyl (C=O) groups excluding carboxylic acids is 1. The van der Waals surface area contributed by atoms with Gasteiger partial charge in [-0.2, -0.15) is 5.10 Å². The predicted octanol–water partition coefficient (Wildman–Crippen LogP) is 2.36. The first-order valence-corrected chi connectivity index (χ1v) is 7.54. The van der Waals surface area contributed by atoms with E-state index in [1.807, 2.05) is 6.92 Å². The van der Waals surface area contributed by atoms with Crippen LogP contribution >= 0.6 is 0 Å². The highest BCUT2D eigenvalue weighted by Gasteiger charge is 2.23. The molecule has 134 valence electrons. The number of methoxy groups -OCH3 is 1. The number of carbonyl (C=O) groups is 1. The lowest BCUT2D eigenvalue weighted by atomic mass is 10.2. The second-order valence-corrected chi connectivity index (χ2v) is 5.51. The standard InChI is InChI=1S/C16H20N4O5/c1-9-15(10(2)19(4)18-9)17-16(21)11(3)25-14-7-6-12(24-5)8-13(14)20(22)23/h6-8,11H,1-5H3,(H,17,21)/t11-/m1/s1. The van der Waals surface area contributed by atoms with Crippen LogP contribution in [-0.2, 0) is 11.8 Å². The molecule has 1 N–H and O–H groups in total. The number of nitrogens with one attached hydrogen (secondary N) is 1. The number of aryl methyl sites for hydroxylation is 2. The summed E-state index contributed by atoms with van der Waals surface area (Å²) in [4.78, 5) is 23.0. The van der Waals surface area contributed by atoms with Gasteiger partial charge in [0.25, 0.3) is 5.91 Å². The molecular weight excluding hydrogens is 328 g/mol. The van der Waals surface area contributed by atoms with Crippen molar-refractivity contribution in [3.63, 3.8) is 0 Å². The number of hydrogen-bond donors (Lipinski definition) is 1. The van der Waals surface area contributed by atoms with Crippen molar-refractivity contribution in [2.75, 3.05) is 12.4 Å². The number of aromatic nitrogens is 2. The summed E-state index contributed by atoms with van der Waals surface area (Å²) in [5, 5.41) is 18.2. The van der Waals surface area contributed by atoms with Crippen LogP contribution in [-0.4, -0.2) is 33.8 Å². The van der Waals surface area contributed by atoms with Crippen LogP contribution in [0.15, 0.2) is 18.2 Å². The van der Waals surface area contributed by atoms with Crippen LogP contribution < -0.4 is 14.8 Å². The van der Waals surface area contributed by atoms with Gasteiger partial charge >= 0.3 is 5.69 Å². The van der Waals surface area contributed by atoms with Crippen LogP contribution in [0.3, 0.4) is 0 Å². The molecule has 0 aliphatic rings. The van der Waals surface area contributed by atoms with E-state index < -0.39 is 16.9 Å². The summed E-state index contributed by atoms with van der Waals surface area (Å²) in [6, 6.07) is 4.18. The summed E-state index contributed by atoms with van der Waals surface area (Å²) in [5.41, 5.74) is 1.81. The minimum atomic E-state index is -0.939. The zero-order valence-corrected chi connectivity index (χ0v) is 14.7. The average Bonchev–Trinajstić information content (AvgIpc) is 2.81. The fourth-order valence-electron chi connectivity index (χ4n) is 2.29. The maximum Gasteiger partial charge on any atom is 0.314 e. The lowest BCUT2D eigenvalue weighted by molar-refractivity contribution is -0.386. The van der Waals surface area contributed by atoms with Gasteiger partial charge < -0.3 is 14.8 Å². The van der Waals surface area contributed by atoms with E-state index in [0.717, 1.165) is 5.69 Å². The van der Waals surface area contributed by atoms with Crippen LogP contribution in [0.5, 0.6) is 11.5 Å². The van der Waals surface area contributed by atoms with Crippen molar-refractivity contribution in [3.05, 3.63) is 39.7 Å². The smallest absolute Gasteiger partial charge is 0.314 e. The molecule has 0 saturated heterocycles. The topological polar surface area (TPSA) is 109 Å². The van der Waals surface area contributed by atoms with Gasteiger partial charge in [-0.3, -0.25) is 19.6 Å². The Morgan fingerprint density at radius 1 is 1.40 bits per heavy atom. The van der Waals surface area contributed by atoms with Gasteiger partial charge in [0.2, 0.25) is 0 Å². The van der Waals surface area contributed by atoms with E-state index in [4.69, 9.17) is 9.47 Å². The van der Waals surface area contributed by atoms with Crippen molar-refractivity contribution in [2.24, 2.45) is 7.05 Å². The lowest BCUT2D eigenvalue weighted by Gasteiger charge is -2.15. The Labute approximate surface area is 144 Å². The Bertz CT molecular complexity index is 815. The predicted molar refractivity (Wildman–Crippen MR) is 91.1 cm³/mol. The van der Waals surface area contributed by atoms with Crippen molar-refractivity contribution in [1.29, 1.82) is 0 Å². The number of anilines is 1. The molecule has 1 atom stereocenters. The van der Waals surface area contributed by atoms with Crippen molar-refractivity contribution < 1.29 is 19.2 Å². The van der Waals surface area contributed by atoms with Crippen LogP contribution in [0.2, 0.25) is 0 Å². The second-order valence-electron chi connectivity index (χ2n) is 5.51. The van der Waals surface area contributed by atoms with E-state index in [2.05, 4.69) is 10.4 Å². The third-order valence-electron chi connectivity index (χ3n) is 3.79. The zero-order valence-electron chi connectivity index (χ0n) is 14.7. The summed E-state index contributed by atoms with van der Waals surface area (Å²) in [7, 11) is 3.19. The van der Waals surface area contributed by atoms with Gasteiger partial charge in [0.15, 0.2) is 11.9 Å². The second kappa shape index (κ2) is 7.20. The van der Waals surface area contributed by atoms with Gasteiger partial charge in [-0.05, 0) is 32.9 Å². The molecule has 9 heteroatoms. The number of hydrogen-bond acceptors (Lipinski definition) is 6. The van der Waals surface area contributed by atoms with Crippen molar-refractivity contribution in [2.45, 2.75) is 26.9 Å². The molecule has 0 saturated carbocycles. The molecule has 0 radical (unpaired) electrons. The largest absolute Gasteiger partial charge is 0.496 e. The molecule has 0 aliphatic carbocycles. The number of rotatable bonds is 6. The monoisotopic (exact) mass is 348 g/mol. The van der Waals surface area contributed by atoms with E-state index in [0.29, 0.717) is 17.1 Å². The molecule has 1 aromatic carbocycles. The minimum Gasteiger partial charge on any atom is -0.496 e. The van der Waals surface area contributed by atoms with Gasteiger partial charge in [0.1, 0.15) is 5.75 Å². The van der Waals surface area contributed by atoms with Gasteiger partial charge in [-0.1, -0.05) is 0 Å². The number of amides is 1. The molecule has 0 fully saturated rings. The van der Waals surface area contributed by atoms with E-state index in [1.54, 1.807) is 18.7 Å².